The lowest BCUT2D eigenvalue weighted by atomic mass is 10.0. The van der Waals surface area contributed by atoms with Gasteiger partial charge in [0.25, 0.3) is 0 Å². The molecule has 1 saturated heterocycles. The van der Waals surface area contributed by atoms with Crippen LogP contribution >= 0.6 is 0 Å². The molecule has 0 amide bonds. The molecule has 1 aromatic heterocycles. The summed E-state index contributed by atoms with van der Waals surface area (Å²) < 4.78 is 5.24. The van der Waals surface area contributed by atoms with E-state index in [9.17, 15) is 0 Å². The summed E-state index contributed by atoms with van der Waals surface area (Å²) in [7, 11) is 3.63. The van der Waals surface area contributed by atoms with Gasteiger partial charge in [-0.1, -0.05) is 6.07 Å². The molecule has 1 aliphatic heterocycles. The summed E-state index contributed by atoms with van der Waals surface area (Å²) in [4.78, 5) is 6.90. The predicted octanol–water partition coefficient (Wildman–Crippen LogP) is 3.47. The summed E-state index contributed by atoms with van der Waals surface area (Å²) in [5.41, 5.74) is 2.51. The van der Waals surface area contributed by atoms with Crippen LogP contribution in [-0.2, 0) is 0 Å². The van der Waals surface area contributed by atoms with Gasteiger partial charge in [0.15, 0.2) is 0 Å². The highest BCUT2D eigenvalue weighted by Crippen LogP contribution is 2.38. The minimum atomic E-state index is 0.384. The highest BCUT2D eigenvalue weighted by atomic mass is 16.5. The molecule has 3 rings (SSSR count). The fourth-order valence-corrected chi connectivity index (χ4v) is 3.07. The maximum absolute atomic E-state index is 5.24. The summed E-state index contributed by atoms with van der Waals surface area (Å²) >= 11 is 0. The van der Waals surface area contributed by atoms with E-state index in [0.717, 1.165) is 24.5 Å². The van der Waals surface area contributed by atoms with Crippen LogP contribution in [-0.4, -0.2) is 25.7 Å². The molecule has 2 heterocycles. The number of pyridine rings is 1. The molecule has 1 atom stereocenters. The van der Waals surface area contributed by atoms with Crippen molar-refractivity contribution in [2.75, 3.05) is 30.9 Å². The van der Waals surface area contributed by atoms with Gasteiger partial charge in [-0.15, -0.1) is 0 Å². The first-order valence-corrected chi connectivity index (χ1v) is 7.37. The predicted molar refractivity (Wildman–Crippen MR) is 86.1 cm³/mol. The van der Waals surface area contributed by atoms with Crippen LogP contribution < -0.4 is 15.0 Å². The Bertz CT molecular complexity index is 597. The van der Waals surface area contributed by atoms with E-state index in [1.807, 2.05) is 31.4 Å². The van der Waals surface area contributed by atoms with Crippen molar-refractivity contribution in [1.29, 1.82) is 0 Å². The zero-order valence-electron chi connectivity index (χ0n) is 12.5. The minimum absolute atomic E-state index is 0.384. The molecule has 1 unspecified atom stereocenters. The Labute approximate surface area is 125 Å². The van der Waals surface area contributed by atoms with Gasteiger partial charge in [0.1, 0.15) is 11.6 Å². The van der Waals surface area contributed by atoms with Gasteiger partial charge in [-0.3, -0.25) is 0 Å². The van der Waals surface area contributed by atoms with E-state index >= 15 is 0 Å². The molecule has 1 aliphatic rings. The van der Waals surface area contributed by atoms with E-state index in [0.29, 0.717) is 6.04 Å². The van der Waals surface area contributed by atoms with E-state index in [4.69, 9.17) is 4.74 Å². The van der Waals surface area contributed by atoms with Gasteiger partial charge in [0, 0.05) is 31.0 Å². The van der Waals surface area contributed by atoms with Gasteiger partial charge in [-0.05, 0) is 43.2 Å². The average Bonchev–Trinajstić information content (AvgIpc) is 3.04. The summed E-state index contributed by atoms with van der Waals surface area (Å²) in [5.74, 6) is 1.87. The first-order valence-electron chi connectivity index (χ1n) is 7.37. The van der Waals surface area contributed by atoms with Crippen molar-refractivity contribution in [2.45, 2.75) is 18.9 Å². The van der Waals surface area contributed by atoms with Gasteiger partial charge in [0.05, 0.1) is 13.2 Å². The van der Waals surface area contributed by atoms with Crippen molar-refractivity contribution in [3.05, 3.63) is 48.2 Å². The zero-order chi connectivity index (χ0) is 14.7. The Hall–Kier alpha value is -2.23. The fourth-order valence-electron chi connectivity index (χ4n) is 3.07. The number of rotatable bonds is 4. The molecule has 4 nitrogen and oxygen atoms in total. The van der Waals surface area contributed by atoms with E-state index in [-0.39, 0.29) is 0 Å². The Kier molecular flexibility index (Phi) is 3.95. The normalized spacial score (nSPS) is 17.8. The number of anilines is 2. The summed E-state index contributed by atoms with van der Waals surface area (Å²) in [5, 5.41) is 3.20. The largest absolute Gasteiger partial charge is 0.497 e. The zero-order valence-corrected chi connectivity index (χ0v) is 12.5. The lowest BCUT2D eigenvalue weighted by Crippen LogP contribution is -2.23. The van der Waals surface area contributed by atoms with Crippen LogP contribution in [0.4, 0.5) is 11.5 Å². The van der Waals surface area contributed by atoms with Crippen molar-refractivity contribution in [3.63, 3.8) is 0 Å². The molecule has 1 aromatic carbocycles. The van der Waals surface area contributed by atoms with Crippen molar-refractivity contribution >= 4 is 11.5 Å². The number of benzene rings is 1. The molecule has 0 bridgehead atoms. The second-order valence-corrected chi connectivity index (χ2v) is 5.24. The van der Waals surface area contributed by atoms with Crippen molar-refractivity contribution in [3.8, 4) is 5.75 Å². The number of aromatic nitrogens is 1. The van der Waals surface area contributed by atoms with E-state index in [2.05, 4.69) is 33.4 Å². The molecule has 0 spiro atoms. The number of methoxy groups -OCH3 is 1. The van der Waals surface area contributed by atoms with Crippen LogP contribution in [0.25, 0.3) is 0 Å². The topological polar surface area (TPSA) is 37.4 Å². The molecule has 4 heteroatoms. The monoisotopic (exact) mass is 283 g/mol. The third kappa shape index (κ3) is 2.66. The van der Waals surface area contributed by atoms with Crippen LogP contribution in [0.15, 0.2) is 42.6 Å². The smallest absolute Gasteiger partial charge is 0.130 e. The molecule has 0 aliphatic carbocycles. The third-order valence-electron chi connectivity index (χ3n) is 4.09. The first kappa shape index (κ1) is 13.7. The molecule has 21 heavy (non-hydrogen) atoms. The van der Waals surface area contributed by atoms with Crippen molar-refractivity contribution < 1.29 is 4.74 Å². The molecular weight excluding hydrogens is 262 g/mol. The molecule has 0 radical (unpaired) electrons. The van der Waals surface area contributed by atoms with E-state index in [1.165, 1.54) is 17.7 Å². The average molecular weight is 283 g/mol. The SMILES string of the molecule is CNc1ncccc1C1CCCN1c1ccc(OC)cc1. The van der Waals surface area contributed by atoms with Crippen LogP contribution in [0.3, 0.4) is 0 Å². The summed E-state index contributed by atoms with van der Waals surface area (Å²) in [6.45, 7) is 1.08. The lowest BCUT2D eigenvalue weighted by molar-refractivity contribution is 0.415. The highest BCUT2D eigenvalue weighted by molar-refractivity contribution is 5.55. The summed E-state index contributed by atoms with van der Waals surface area (Å²) in [6, 6.07) is 12.9. The third-order valence-corrected chi connectivity index (χ3v) is 4.09. The van der Waals surface area contributed by atoms with Gasteiger partial charge >= 0.3 is 0 Å². The molecule has 1 N–H and O–H groups in total. The molecular formula is C17H21N3O. The number of hydrogen-bond donors (Lipinski definition) is 1. The van der Waals surface area contributed by atoms with Crippen molar-refractivity contribution in [1.82, 2.24) is 4.98 Å². The van der Waals surface area contributed by atoms with Crippen LogP contribution in [0.2, 0.25) is 0 Å². The van der Waals surface area contributed by atoms with Crippen LogP contribution in [0.1, 0.15) is 24.4 Å². The second-order valence-electron chi connectivity index (χ2n) is 5.24. The van der Waals surface area contributed by atoms with Gasteiger partial charge in [-0.25, -0.2) is 4.98 Å². The van der Waals surface area contributed by atoms with Crippen LogP contribution in [0.5, 0.6) is 5.75 Å². The van der Waals surface area contributed by atoms with Gasteiger partial charge in [0.2, 0.25) is 0 Å². The quantitative estimate of drug-likeness (QED) is 0.932. The number of nitrogens with one attached hydrogen (secondary N) is 1. The summed E-state index contributed by atoms with van der Waals surface area (Å²) in [6.07, 6.45) is 4.20. The number of ether oxygens (including phenoxy) is 1. The molecule has 0 saturated carbocycles. The molecule has 1 fully saturated rings. The van der Waals surface area contributed by atoms with Gasteiger partial charge < -0.3 is 15.0 Å². The minimum Gasteiger partial charge on any atom is -0.497 e. The van der Waals surface area contributed by atoms with Crippen LogP contribution in [0, 0.1) is 0 Å². The molecule has 110 valence electrons. The Morgan fingerprint density at radius 1 is 1.24 bits per heavy atom. The highest BCUT2D eigenvalue weighted by Gasteiger charge is 2.28. The van der Waals surface area contributed by atoms with Gasteiger partial charge in [-0.2, -0.15) is 0 Å². The first-order chi connectivity index (χ1) is 10.3. The second kappa shape index (κ2) is 6.04. The maximum Gasteiger partial charge on any atom is 0.130 e. The Balaban J connectivity index is 1.91. The van der Waals surface area contributed by atoms with E-state index in [1.54, 1.807) is 7.11 Å². The fraction of sp³-hybridized carbons (Fsp3) is 0.353. The lowest BCUT2D eigenvalue weighted by Gasteiger charge is -2.28. The van der Waals surface area contributed by atoms with Crippen molar-refractivity contribution in [2.24, 2.45) is 0 Å². The molecule has 2 aromatic rings. The Morgan fingerprint density at radius 2 is 2.05 bits per heavy atom. The Morgan fingerprint density at radius 3 is 2.76 bits per heavy atom. The maximum atomic E-state index is 5.24. The number of nitrogens with zero attached hydrogens (tertiary/aromatic N) is 2. The standard InChI is InChI=1S/C17H21N3O/c1-18-17-15(5-3-11-19-17)16-6-4-12-20(16)13-7-9-14(21-2)10-8-13/h3,5,7-11,16H,4,6,12H2,1-2H3,(H,18,19). The van der Waals surface area contributed by atoms with E-state index < -0.39 is 0 Å². The number of hydrogen-bond acceptors (Lipinski definition) is 4.